The lowest BCUT2D eigenvalue weighted by atomic mass is 10.3. The zero-order chi connectivity index (χ0) is 11.4. The number of hydrogen-bond donors (Lipinski definition) is 2. The Morgan fingerprint density at radius 2 is 2.33 bits per heavy atom. The summed E-state index contributed by atoms with van der Waals surface area (Å²) in [5.41, 5.74) is 5.20. The molecule has 0 aliphatic heterocycles. The molecule has 1 amide bonds. The molecule has 6 nitrogen and oxygen atoms in total. The van der Waals surface area contributed by atoms with Gasteiger partial charge in [-0.15, -0.1) is 10.2 Å². The molecule has 84 valence electrons. The fraction of sp³-hybridized carbons (Fsp3) is 0.625. The van der Waals surface area contributed by atoms with Crippen LogP contribution in [0.25, 0.3) is 0 Å². The number of carbonyl (C=O) groups excluding carboxylic acids is 1. The van der Waals surface area contributed by atoms with E-state index in [2.05, 4.69) is 15.5 Å². The standard InChI is InChI=1S/C8H15N5OS/c1-5-11-12-8(13(5)3)15-4-6(10-2)7(9)14/h6,10H,4H2,1-3H3,(H2,9,14). The van der Waals surface area contributed by atoms with E-state index in [0.717, 1.165) is 11.0 Å². The van der Waals surface area contributed by atoms with E-state index in [4.69, 9.17) is 5.73 Å². The smallest absolute Gasteiger partial charge is 0.235 e. The molecule has 0 aliphatic rings. The summed E-state index contributed by atoms with van der Waals surface area (Å²) in [6.07, 6.45) is 0. The van der Waals surface area contributed by atoms with Crippen LogP contribution < -0.4 is 11.1 Å². The zero-order valence-electron chi connectivity index (χ0n) is 9.02. The fourth-order valence-corrected chi connectivity index (χ4v) is 2.05. The van der Waals surface area contributed by atoms with Crippen LogP contribution in [0.4, 0.5) is 0 Å². The highest BCUT2D eigenvalue weighted by molar-refractivity contribution is 7.99. The average Bonchev–Trinajstić information content (AvgIpc) is 2.49. The van der Waals surface area contributed by atoms with Crippen molar-refractivity contribution in [3.63, 3.8) is 0 Å². The Kier molecular flexibility index (Phi) is 4.10. The predicted octanol–water partition coefficient (Wildman–Crippen LogP) is -0.711. The molecule has 0 saturated carbocycles. The second-order valence-electron chi connectivity index (χ2n) is 3.14. The first-order chi connectivity index (χ1) is 7.06. The number of rotatable bonds is 5. The van der Waals surface area contributed by atoms with E-state index in [1.165, 1.54) is 11.8 Å². The number of amides is 1. The van der Waals surface area contributed by atoms with E-state index >= 15 is 0 Å². The number of nitrogens with zero attached hydrogens (tertiary/aromatic N) is 3. The quantitative estimate of drug-likeness (QED) is 0.651. The van der Waals surface area contributed by atoms with E-state index < -0.39 is 0 Å². The number of thioether (sulfide) groups is 1. The minimum absolute atomic E-state index is 0.341. The molecule has 1 aromatic rings. The van der Waals surface area contributed by atoms with Gasteiger partial charge in [-0.1, -0.05) is 11.8 Å². The van der Waals surface area contributed by atoms with E-state index in [1.54, 1.807) is 7.05 Å². The fourth-order valence-electron chi connectivity index (χ4n) is 0.979. The SMILES string of the molecule is CNC(CSc1nnc(C)n1C)C(N)=O. The Bertz CT molecular complexity index is 351. The highest BCUT2D eigenvalue weighted by Crippen LogP contribution is 2.15. The first-order valence-corrected chi connectivity index (χ1v) is 5.50. The topological polar surface area (TPSA) is 85.8 Å². The van der Waals surface area contributed by atoms with Crippen LogP contribution in [0.1, 0.15) is 5.82 Å². The number of aryl methyl sites for hydroxylation is 1. The summed E-state index contributed by atoms with van der Waals surface area (Å²) in [7, 11) is 3.59. The summed E-state index contributed by atoms with van der Waals surface area (Å²) in [5.74, 6) is 1.04. The van der Waals surface area contributed by atoms with Crippen molar-refractivity contribution in [1.82, 2.24) is 20.1 Å². The predicted molar refractivity (Wildman–Crippen MR) is 58.5 cm³/mol. The van der Waals surface area contributed by atoms with E-state index in [1.807, 2.05) is 18.5 Å². The Labute approximate surface area is 92.6 Å². The third-order valence-corrected chi connectivity index (χ3v) is 3.24. The Morgan fingerprint density at radius 3 is 2.73 bits per heavy atom. The summed E-state index contributed by atoms with van der Waals surface area (Å²) in [4.78, 5) is 10.9. The molecule has 0 radical (unpaired) electrons. The molecule has 7 heteroatoms. The molecule has 0 saturated heterocycles. The molecule has 1 atom stereocenters. The maximum Gasteiger partial charge on any atom is 0.235 e. The number of likely N-dealkylation sites (N-methyl/N-ethyl adjacent to an activating group) is 1. The normalized spacial score (nSPS) is 12.7. The highest BCUT2D eigenvalue weighted by Gasteiger charge is 2.15. The van der Waals surface area contributed by atoms with Gasteiger partial charge in [0.1, 0.15) is 5.82 Å². The van der Waals surface area contributed by atoms with E-state index in [9.17, 15) is 4.79 Å². The van der Waals surface area contributed by atoms with Gasteiger partial charge in [0.05, 0.1) is 6.04 Å². The number of carbonyl (C=O) groups is 1. The monoisotopic (exact) mass is 229 g/mol. The van der Waals surface area contributed by atoms with Gasteiger partial charge in [0.15, 0.2) is 5.16 Å². The van der Waals surface area contributed by atoms with Crippen molar-refractivity contribution in [2.75, 3.05) is 12.8 Å². The van der Waals surface area contributed by atoms with Crippen molar-refractivity contribution >= 4 is 17.7 Å². The molecule has 15 heavy (non-hydrogen) atoms. The lowest BCUT2D eigenvalue weighted by molar-refractivity contribution is -0.119. The molecule has 1 aromatic heterocycles. The number of nitrogens with two attached hydrogens (primary N) is 1. The van der Waals surface area contributed by atoms with Gasteiger partial charge in [-0.25, -0.2) is 0 Å². The Morgan fingerprint density at radius 1 is 1.67 bits per heavy atom. The van der Waals surface area contributed by atoms with E-state index in [-0.39, 0.29) is 11.9 Å². The van der Waals surface area contributed by atoms with Crippen molar-refractivity contribution in [1.29, 1.82) is 0 Å². The molecular weight excluding hydrogens is 214 g/mol. The van der Waals surface area contributed by atoms with Crippen molar-refractivity contribution in [2.45, 2.75) is 18.1 Å². The highest BCUT2D eigenvalue weighted by atomic mass is 32.2. The molecular formula is C8H15N5OS. The van der Waals surface area contributed by atoms with Crippen LogP contribution in [0, 0.1) is 6.92 Å². The Hall–Kier alpha value is -1.08. The van der Waals surface area contributed by atoms with Crippen LogP contribution in [0.3, 0.4) is 0 Å². The number of primary amides is 1. The van der Waals surface area contributed by atoms with Gasteiger partial charge < -0.3 is 15.6 Å². The van der Waals surface area contributed by atoms with Crippen molar-refractivity contribution < 1.29 is 4.79 Å². The zero-order valence-corrected chi connectivity index (χ0v) is 9.84. The number of nitrogens with one attached hydrogen (secondary N) is 1. The van der Waals surface area contributed by atoms with Gasteiger partial charge in [0, 0.05) is 12.8 Å². The lowest BCUT2D eigenvalue weighted by Gasteiger charge is -2.10. The number of aromatic nitrogens is 3. The summed E-state index contributed by atoms with van der Waals surface area (Å²) < 4.78 is 1.87. The van der Waals surface area contributed by atoms with Crippen LogP contribution in [0.15, 0.2) is 5.16 Å². The third kappa shape index (κ3) is 2.93. The summed E-state index contributed by atoms with van der Waals surface area (Å²) >= 11 is 1.45. The van der Waals surface area contributed by atoms with Crippen LogP contribution in [-0.2, 0) is 11.8 Å². The summed E-state index contributed by atoms with van der Waals surface area (Å²) in [6, 6.07) is -0.341. The first kappa shape index (κ1) is 12.0. The largest absolute Gasteiger partial charge is 0.368 e. The second kappa shape index (κ2) is 5.13. The van der Waals surface area contributed by atoms with Crippen LogP contribution in [-0.4, -0.2) is 39.5 Å². The molecule has 3 N–H and O–H groups in total. The first-order valence-electron chi connectivity index (χ1n) is 4.51. The van der Waals surface area contributed by atoms with Crippen LogP contribution in [0.5, 0.6) is 0 Å². The number of hydrogen-bond acceptors (Lipinski definition) is 5. The van der Waals surface area contributed by atoms with Gasteiger partial charge in [-0.2, -0.15) is 0 Å². The van der Waals surface area contributed by atoms with Gasteiger partial charge in [-0.05, 0) is 14.0 Å². The molecule has 0 spiro atoms. The van der Waals surface area contributed by atoms with Gasteiger partial charge in [0.2, 0.25) is 5.91 Å². The molecule has 1 heterocycles. The van der Waals surface area contributed by atoms with Gasteiger partial charge in [-0.3, -0.25) is 4.79 Å². The minimum atomic E-state index is -0.358. The molecule has 0 bridgehead atoms. The van der Waals surface area contributed by atoms with Crippen molar-refractivity contribution in [3.8, 4) is 0 Å². The minimum Gasteiger partial charge on any atom is -0.368 e. The van der Waals surface area contributed by atoms with Crippen molar-refractivity contribution in [3.05, 3.63) is 5.82 Å². The van der Waals surface area contributed by atoms with Gasteiger partial charge >= 0.3 is 0 Å². The van der Waals surface area contributed by atoms with E-state index in [0.29, 0.717) is 5.75 Å². The third-order valence-electron chi connectivity index (χ3n) is 2.12. The molecule has 0 fully saturated rings. The molecule has 1 rings (SSSR count). The lowest BCUT2D eigenvalue weighted by Crippen LogP contribution is -2.41. The second-order valence-corrected chi connectivity index (χ2v) is 4.13. The molecule has 0 aliphatic carbocycles. The molecule has 1 unspecified atom stereocenters. The summed E-state index contributed by atoms with van der Waals surface area (Å²) in [6.45, 7) is 1.88. The average molecular weight is 229 g/mol. The summed E-state index contributed by atoms with van der Waals surface area (Å²) in [5, 5.41) is 11.5. The molecule has 0 aromatic carbocycles. The van der Waals surface area contributed by atoms with Crippen LogP contribution in [0.2, 0.25) is 0 Å². The maximum absolute atomic E-state index is 10.9. The maximum atomic E-state index is 10.9. The Balaban J connectivity index is 2.56. The van der Waals surface area contributed by atoms with Crippen molar-refractivity contribution in [2.24, 2.45) is 12.8 Å². The van der Waals surface area contributed by atoms with Crippen LogP contribution >= 0.6 is 11.8 Å². The van der Waals surface area contributed by atoms with Gasteiger partial charge in [0.25, 0.3) is 0 Å².